The first-order chi connectivity index (χ1) is 11.8. The molecule has 2 rings (SSSR count). The fraction of sp³-hybridized carbons (Fsp3) is 0.278. The van der Waals surface area contributed by atoms with E-state index < -0.39 is 11.7 Å². The lowest BCUT2D eigenvalue weighted by Gasteiger charge is -2.13. The monoisotopic (exact) mass is 353 g/mol. The Morgan fingerprint density at radius 2 is 1.80 bits per heavy atom. The van der Waals surface area contributed by atoms with Gasteiger partial charge in [-0.05, 0) is 36.2 Å². The van der Waals surface area contributed by atoms with Gasteiger partial charge in [0.1, 0.15) is 0 Å². The van der Waals surface area contributed by atoms with Crippen LogP contribution in [-0.4, -0.2) is 20.1 Å². The third-order valence-corrected chi connectivity index (χ3v) is 3.58. The summed E-state index contributed by atoms with van der Waals surface area (Å²) in [5.41, 5.74) is 0.0817. The molecule has 2 aromatic rings. The van der Waals surface area contributed by atoms with Crippen LogP contribution in [0, 0.1) is 0 Å². The molecule has 1 amide bonds. The number of benzene rings is 2. The minimum atomic E-state index is -4.45. The van der Waals surface area contributed by atoms with Crippen molar-refractivity contribution in [2.45, 2.75) is 19.0 Å². The smallest absolute Gasteiger partial charge is 0.416 e. The summed E-state index contributed by atoms with van der Waals surface area (Å²) in [6.07, 6.45) is -3.99. The van der Waals surface area contributed by atoms with Crippen molar-refractivity contribution in [3.63, 3.8) is 0 Å². The molecular formula is C18H18F3NO3. The standard InChI is InChI=1S/C18H18F3NO3/c1-24-15-8-3-5-12(17(15)25-2)9-10-16(23)22-14-7-4-6-13(11-14)18(19,20)21/h3-8,11H,9-10H2,1-2H3,(H,22,23). The molecule has 0 aliphatic rings. The lowest BCUT2D eigenvalue weighted by Crippen LogP contribution is -2.13. The van der Waals surface area contributed by atoms with Gasteiger partial charge < -0.3 is 14.8 Å². The minimum Gasteiger partial charge on any atom is -0.493 e. The summed E-state index contributed by atoms with van der Waals surface area (Å²) in [6.45, 7) is 0. The highest BCUT2D eigenvalue weighted by Crippen LogP contribution is 2.32. The molecule has 0 unspecified atom stereocenters. The van der Waals surface area contributed by atoms with Crippen molar-refractivity contribution in [1.82, 2.24) is 0 Å². The van der Waals surface area contributed by atoms with E-state index in [1.54, 1.807) is 18.2 Å². The number of hydrogen-bond acceptors (Lipinski definition) is 3. The lowest BCUT2D eigenvalue weighted by molar-refractivity contribution is -0.137. The molecule has 1 N–H and O–H groups in total. The maximum Gasteiger partial charge on any atom is 0.416 e. The molecule has 0 aromatic heterocycles. The summed E-state index contributed by atoms with van der Waals surface area (Å²) in [6, 6.07) is 9.86. The zero-order valence-electron chi connectivity index (χ0n) is 13.8. The van der Waals surface area contributed by atoms with E-state index in [0.717, 1.165) is 17.7 Å². The van der Waals surface area contributed by atoms with Gasteiger partial charge in [-0.15, -0.1) is 0 Å². The number of amides is 1. The number of rotatable bonds is 6. The van der Waals surface area contributed by atoms with Gasteiger partial charge in [0.15, 0.2) is 11.5 Å². The molecule has 134 valence electrons. The van der Waals surface area contributed by atoms with E-state index in [9.17, 15) is 18.0 Å². The average Bonchev–Trinajstić information content (AvgIpc) is 2.59. The van der Waals surface area contributed by atoms with E-state index in [4.69, 9.17) is 9.47 Å². The summed E-state index contributed by atoms with van der Waals surface area (Å²) in [7, 11) is 3.02. The fourth-order valence-electron chi connectivity index (χ4n) is 2.40. The number of hydrogen-bond donors (Lipinski definition) is 1. The maximum atomic E-state index is 12.7. The lowest BCUT2D eigenvalue weighted by atomic mass is 10.1. The van der Waals surface area contributed by atoms with Gasteiger partial charge >= 0.3 is 6.18 Å². The number of ether oxygens (including phenoxy) is 2. The van der Waals surface area contributed by atoms with Crippen molar-refractivity contribution in [1.29, 1.82) is 0 Å². The van der Waals surface area contributed by atoms with Crippen molar-refractivity contribution >= 4 is 11.6 Å². The Hall–Kier alpha value is -2.70. The van der Waals surface area contributed by atoms with Crippen LogP contribution in [0.3, 0.4) is 0 Å². The molecule has 0 bridgehead atoms. The summed E-state index contributed by atoms with van der Waals surface area (Å²) >= 11 is 0. The number of aryl methyl sites for hydroxylation is 1. The van der Waals surface area contributed by atoms with Crippen molar-refractivity contribution in [3.8, 4) is 11.5 Å². The fourth-order valence-corrected chi connectivity index (χ4v) is 2.40. The van der Waals surface area contributed by atoms with E-state index in [2.05, 4.69) is 5.32 Å². The molecule has 0 radical (unpaired) electrons. The molecular weight excluding hydrogens is 335 g/mol. The largest absolute Gasteiger partial charge is 0.493 e. The number of carbonyl (C=O) groups excluding carboxylic acids is 1. The zero-order chi connectivity index (χ0) is 18.4. The minimum absolute atomic E-state index is 0.0970. The van der Waals surface area contributed by atoms with Crippen molar-refractivity contribution < 1.29 is 27.4 Å². The van der Waals surface area contributed by atoms with Crippen LogP contribution in [0.1, 0.15) is 17.5 Å². The molecule has 25 heavy (non-hydrogen) atoms. The SMILES string of the molecule is COc1cccc(CCC(=O)Nc2cccc(C(F)(F)F)c2)c1OC. The van der Waals surface area contributed by atoms with Gasteiger partial charge in [-0.1, -0.05) is 18.2 Å². The second kappa shape index (κ2) is 7.92. The highest BCUT2D eigenvalue weighted by molar-refractivity contribution is 5.91. The second-order valence-electron chi connectivity index (χ2n) is 5.28. The van der Waals surface area contributed by atoms with Gasteiger partial charge in [-0.3, -0.25) is 4.79 Å². The Morgan fingerprint density at radius 3 is 2.44 bits per heavy atom. The molecule has 0 heterocycles. The summed E-state index contributed by atoms with van der Waals surface area (Å²) in [5, 5.41) is 2.48. The molecule has 7 heteroatoms. The Kier molecular flexibility index (Phi) is 5.90. The van der Waals surface area contributed by atoms with Crippen LogP contribution in [0.2, 0.25) is 0 Å². The quantitative estimate of drug-likeness (QED) is 0.843. The van der Waals surface area contributed by atoms with Crippen LogP contribution in [0.5, 0.6) is 11.5 Å². The van der Waals surface area contributed by atoms with E-state index in [1.807, 2.05) is 0 Å². The molecule has 0 atom stereocenters. The molecule has 2 aromatic carbocycles. The molecule has 0 aliphatic carbocycles. The zero-order valence-corrected chi connectivity index (χ0v) is 13.8. The highest BCUT2D eigenvalue weighted by atomic mass is 19.4. The predicted octanol–water partition coefficient (Wildman–Crippen LogP) is 4.29. The van der Waals surface area contributed by atoms with E-state index in [-0.39, 0.29) is 18.0 Å². The van der Waals surface area contributed by atoms with Crippen molar-refractivity contribution in [2.75, 3.05) is 19.5 Å². The average molecular weight is 353 g/mol. The maximum absolute atomic E-state index is 12.7. The number of carbonyl (C=O) groups is 1. The van der Waals surface area contributed by atoms with Crippen LogP contribution < -0.4 is 14.8 Å². The van der Waals surface area contributed by atoms with Crippen LogP contribution in [0.25, 0.3) is 0 Å². The summed E-state index contributed by atoms with van der Waals surface area (Å²) in [5.74, 6) is 0.708. The van der Waals surface area contributed by atoms with Gasteiger partial charge in [0.25, 0.3) is 0 Å². The molecule has 0 spiro atoms. The van der Waals surface area contributed by atoms with Crippen molar-refractivity contribution in [2.24, 2.45) is 0 Å². The molecule has 0 saturated carbocycles. The number of halogens is 3. The molecule has 0 fully saturated rings. The Balaban J connectivity index is 2.02. The van der Waals surface area contributed by atoms with Crippen molar-refractivity contribution in [3.05, 3.63) is 53.6 Å². The van der Waals surface area contributed by atoms with Gasteiger partial charge in [0, 0.05) is 12.1 Å². The normalized spacial score (nSPS) is 11.1. The summed E-state index contributed by atoms with van der Waals surface area (Å²) in [4.78, 5) is 12.0. The van der Waals surface area contributed by atoms with Crippen LogP contribution in [0.15, 0.2) is 42.5 Å². The first kappa shape index (κ1) is 18.6. The van der Waals surface area contributed by atoms with Crippen LogP contribution in [-0.2, 0) is 17.4 Å². The third kappa shape index (κ3) is 4.89. The Labute approximate surface area is 143 Å². The van der Waals surface area contributed by atoms with Gasteiger partial charge in [0.2, 0.25) is 5.91 Å². The first-order valence-corrected chi connectivity index (χ1v) is 7.52. The highest BCUT2D eigenvalue weighted by Gasteiger charge is 2.30. The number of nitrogens with one attached hydrogen (secondary N) is 1. The van der Waals surface area contributed by atoms with E-state index >= 15 is 0 Å². The van der Waals surface area contributed by atoms with Crippen LogP contribution in [0.4, 0.5) is 18.9 Å². The topological polar surface area (TPSA) is 47.6 Å². The second-order valence-corrected chi connectivity index (χ2v) is 5.28. The molecule has 0 saturated heterocycles. The van der Waals surface area contributed by atoms with Gasteiger partial charge in [0.05, 0.1) is 19.8 Å². The number of methoxy groups -OCH3 is 2. The molecule has 4 nitrogen and oxygen atoms in total. The molecule has 0 aliphatic heterocycles. The Bertz CT molecular complexity index is 745. The third-order valence-electron chi connectivity index (χ3n) is 3.58. The predicted molar refractivity (Wildman–Crippen MR) is 87.9 cm³/mol. The van der Waals surface area contributed by atoms with Crippen LogP contribution >= 0.6 is 0 Å². The van der Waals surface area contributed by atoms with Gasteiger partial charge in [-0.2, -0.15) is 13.2 Å². The summed E-state index contributed by atoms with van der Waals surface area (Å²) < 4.78 is 48.6. The van der Waals surface area contributed by atoms with Gasteiger partial charge in [-0.25, -0.2) is 0 Å². The first-order valence-electron chi connectivity index (χ1n) is 7.52. The number of alkyl halides is 3. The Morgan fingerprint density at radius 1 is 1.08 bits per heavy atom. The number of para-hydroxylation sites is 1. The van der Waals surface area contributed by atoms with E-state index in [0.29, 0.717) is 17.9 Å². The van der Waals surface area contributed by atoms with E-state index in [1.165, 1.54) is 26.4 Å². The number of anilines is 1.